The molecule has 1 heterocycles. The van der Waals surface area contributed by atoms with Crippen LogP contribution in [0, 0.1) is 0 Å². The fraction of sp³-hybridized carbons (Fsp3) is 0.100. The fourth-order valence-corrected chi connectivity index (χ4v) is 3.87. The number of nitrogens with zero attached hydrogens (tertiary/aromatic N) is 1. The number of carbonyl (C=O) groups is 1. The molecule has 0 bridgehead atoms. The summed E-state index contributed by atoms with van der Waals surface area (Å²) in [4.78, 5) is 16.2. The summed E-state index contributed by atoms with van der Waals surface area (Å²) in [6, 6.07) is 12.3. The number of benzene rings is 2. The van der Waals surface area contributed by atoms with Gasteiger partial charge in [0.15, 0.2) is 0 Å². The van der Waals surface area contributed by atoms with Gasteiger partial charge in [-0.1, -0.05) is 23.7 Å². The number of hydrogen-bond donors (Lipinski definition) is 2. The van der Waals surface area contributed by atoms with E-state index in [0.29, 0.717) is 11.8 Å². The lowest BCUT2D eigenvalue weighted by molar-refractivity contribution is -0.137. The minimum absolute atomic E-state index is 0.0107. The zero-order valence-electron chi connectivity index (χ0n) is 15.7. The van der Waals surface area contributed by atoms with E-state index in [1.807, 2.05) is 0 Å². The smallest absolute Gasteiger partial charge is 0.346 e. The molecule has 6 nitrogen and oxygen atoms in total. The van der Waals surface area contributed by atoms with Gasteiger partial charge in [-0.15, -0.1) is 0 Å². The van der Waals surface area contributed by atoms with Crippen LogP contribution in [0.5, 0.6) is 0 Å². The van der Waals surface area contributed by atoms with Crippen LogP contribution in [0.1, 0.15) is 21.6 Å². The van der Waals surface area contributed by atoms with Crippen LogP contribution in [0.25, 0.3) is 0 Å². The Hall–Kier alpha value is -3.11. The average molecular weight is 470 g/mol. The van der Waals surface area contributed by atoms with Gasteiger partial charge in [0.25, 0.3) is 15.9 Å². The van der Waals surface area contributed by atoms with E-state index in [-0.39, 0.29) is 27.7 Å². The van der Waals surface area contributed by atoms with Crippen molar-refractivity contribution in [2.45, 2.75) is 17.6 Å². The molecule has 0 radical (unpaired) electrons. The number of nitrogens with one attached hydrogen (secondary N) is 2. The van der Waals surface area contributed by atoms with Crippen molar-refractivity contribution < 1.29 is 26.4 Å². The van der Waals surface area contributed by atoms with E-state index in [4.69, 9.17) is 11.6 Å². The Morgan fingerprint density at radius 2 is 1.81 bits per heavy atom. The standard InChI is InChI=1S/C20H15ClF3N3O3S/c21-18-8-7-16(11-17(18)19(28)26-12-15-5-1-2-9-25-15)31(29,30)27-14-6-3-4-13(10-14)20(22,23)24/h1-11,27H,12H2,(H,26,28). The van der Waals surface area contributed by atoms with Gasteiger partial charge in [-0.3, -0.25) is 14.5 Å². The third-order valence-electron chi connectivity index (χ3n) is 4.09. The van der Waals surface area contributed by atoms with Gasteiger partial charge in [0.2, 0.25) is 0 Å². The molecule has 0 spiro atoms. The second-order valence-corrected chi connectivity index (χ2v) is 8.42. The van der Waals surface area contributed by atoms with Crippen LogP contribution in [0.4, 0.5) is 18.9 Å². The van der Waals surface area contributed by atoms with Gasteiger partial charge in [-0.05, 0) is 48.5 Å². The number of anilines is 1. The first-order valence-electron chi connectivity index (χ1n) is 8.74. The average Bonchev–Trinajstić information content (AvgIpc) is 2.72. The summed E-state index contributed by atoms with van der Waals surface area (Å²) < 4.78 is 66.0. The van der Waals surface area contributed by atoms with Crippen LogP contribution in [0.15, 0.2) is 71.8 Å². The molecule has 162 valence electrons. The second-order valence-electron chi connectivity index (χ2n) is 6.33. The number of halogens is 4. The maximum absolute atomic E-state index is 12.9. The largest absolute Gasteiger partial charge is 0.416 e. The summed E-state index contributed by atoms with van der Waals surface area (Å²) in [7, 11) is -4.28. The van der Waals surface area contributed by atoms with E-state index in [1.165, 1.54) is 12.1 Å². The number of amides is 1. The van der Waals surface area contributed by atoms with Crippen molar-refractivity contribution in [1.29, 1.82) is 0 Å². The highest BCUT2D eigenvalue weighted by Crippen LogP contribution is 2.31. The summed E-state index contributed by atoms with van der Waals surface area (Å²) in [5, 5.41) is 2.59. The summed E-state index contributed by atoms with van der Waals surface area (Å²) in [6.45, 7) is 0.0927. The van der Waals surface area contributed by atoms with E-state index in [9.17, 15) is 26.4 Å². The summed E-state index contributed by atoms with van der Waals surface area (Å²) >= 11 is 6.04. The van der Waals surface area contributed by atoms with Crippen LogP contribution in [-0.2, 0) is 22.7 Å². The number of alkyl halides is 3. The quantitative estimate of drug-likeness (QED) is 0.557. The first kappa shape index (κ1) is 22.6. The Bertz CT molecular complexity index is 1200. The SMILES string of the molecule is O=C(NCc1ccccn1)c1cc(S(=O)(=O)Nc2cccc(C(F)(F)F)c2)ccc1Cl. The first-order chi connectivity index (χ1) is 14.6. The van der Waals surface area contributed by atoms with Gasteiger partial charge in [-0.2, -0.15) is 13.2 Å². The highest BCUT2D eigenvalue weighted by atomic mass is 35.5. The summed E-state index contributed by atoms with van der Waals surface area (Å²) in [5.41, 5.74) is -0.796. The number of aromatic nitrogens is 1. The van der Waals surface area contributed by atoms with Gasteiger partial charge in [0.05, 0.1) is 33.3 Å². The van der Waals surface area contributed by atoms with Gasteiger partial charge in [0.1, 0.15) is 0 Å². The van der Waals surface area contributed by atoms with Crippen LogP contribution >= 0.6 is 11.6 Å². The van der Waals surface area contributed by atoms with Crippen molar-refractivity contribution >= 4 is 33.2 Å². The normalized spacial score (nSPS) is 11.7. The molecule has 0 aliphatic heterocycles. The minimum atomic E-state index is -4.62. The van der Waals surface area contributed by atoms with Crippen molar-refractivity contribution in [3.8, 4) is 0 Å². The lowest BCUT2D eigenvalue weighted by Gasteiger charge is -2.13. The summed E-state index contributed by atoms with van der Waals surface area (Å²) in [6.07, 6.45) is -3.07. The molecule has 0 aliphatic rings. The van der Waals surface area contributed by atoms with Crippen LogP contribution in [-0.4, -0.2) is 19.3 Å². The highest BCUT2D eigenvalue weighted by molar-refractivity contribution is 7.92. The highest BCUT2D eigenvalue weighted by Gasteiger charge is 2.30. The van der Waals surface area contributed by atoms with Gasteiger partial charge in [0, 0.05) is 11.9 Å². The Balaban J connectivity index is 1.82. The van der Waals surface area contributed by atoms with Crippen molar-refractivity contribution in [3.63, 3.8) is 0 Å². The number of hydrogen-bond acceptors (Lipinski definition) is 4. The van der Waals surface area contributed by atoms with Crippen LogP contribution in [0.2, 0.25) is 5.02 Å². The number of carbonyl (C=O) groups excluding carboxylic acids is 1. The Morgan fingerprint density at radius 3 is 2.48 bits per heavy atom. The Kier molecular flexibility index (Phi) is 6.51. The topological polar surface area (TPSA) is 88.2 Å². The molecule has 3 rings (SSSR count). The lowest BCUT2D eigenvalue weighted by Crippen LogP contribution is -2.24. The van der Waals surface area contributed by atoms with Crippen molar-refractivity contribution in [1.82, 2.24) is 10.3 Å². The zero-order chi connectivity index (χ0) is 22.6. The third-order valence-corrected chi connectivity index (χ3v) is 5.80. The Morgan fingerprint density at radius 1 is 1.03 bits per heavy atom. The molecule has 0 aliphatic carbocycles. The predicted octanol–water partition coefficient (Wildman–Crippen LogP) is 4.48. The molecule has 1 amide bonds. The van der Waals surface area contributed by atoms with E-state index >= 15 is 0 Å². The van der Waals surface area contributed by atoms with E-state index in [2.05, 4.69) is 15.0 Å². The van der Waals surface area contributed by atoms with Crippen molar-refractivity contribution in [2.24, 2.45) is 0 Å². The molecule has 11 heteroatoms. The van der Waals surface area contributed by atoms with Crippen LogP contribution < -0.4 is 10.0 Å². The molecule has 2 aromatic carbocycles. The lowest BCUT2D eigenvalue weighted by atomic mass is 10.2. The molecular formula is C20H15ClF3N3O3S. The first-order valence-corrected chi connectivity index (χ1v) is 10.6. The van der Waals surface area contributed by atoms with Gasteiger partial charge >= 0.3 is 6.18 Å². The van der Waals surface area contributed by atoms with Crippen LogP contribution in [0.3, 0.4) is 0 Å². The molecule has 0 atom stereocenters. The molecule has 3 aromatic rings. The molecule has 0 unspecified atom stereocenters. The van der Waals surface area contributed by atoms with Gasteiger partial charge in [-0.25, -0.2) is 8.42 Å². The third kappa shape index (κ3) is 5.74. The molecule has 0 saturated heterocycles. The molecule has 0 saturated carbocycles. The monoisotopic (exact) mass is 469 g/mol. The molecule has 0 fully saturated rings. The molecule has 2 N–H and O–H groups in total. The minimum Gasteiger partial charge on any atom is -0.346 e. The second kappa shape index (κ2) is 8.94. The summed E-state index contributed by atoms with van der Waals surface area (Å²) in [5.74, 6) is -0.633. The maximum atomic E-state index is 12.9. The van der Waals surface area contributed by atoms with Crippen molar-refractivity contribution in [3.05, 3.63) is 88.7 Å². The molecule has 1 aromatic heterocycles. The van der Waals surface area contributed by atoms with E-state index < -0.39 is 27.7 Å². The van der Waals surface area contributed by atoms with Crippen molar-refractivity contribution in [2.75, 3.05) is 4.72 Å². The van der Waals surface area contributed by atoms with E-state index in [0.717, 1.165) is 24.3 Å². The predicted molar refractivity (Wildman–Crippen MR) is 109 cm³/mol. The van der Waals surface area contributed by atoms with Gasteiger partial charge < -0.3 is 5.32 Å². The number of pyridine rings is 1. The zero-order valence-corrected chi connectivity index (χ0v) is 17.2. The fourth-order valence-electron chi connectivity index (χ4n) is 2.59. The Labute approximate surface area is 181 Å². The molecular weight excluding hydrogens is 455 g/mol. The molecule has 31 heavy (non-hydrogen) atoms. The number of sulfonamides is 1. The van der Waals surface area contributed by atoms with E-state index in [1.54, 1.807) is 24.4 Å². The number of rotatable bonds is 6. The maximum Gasteiger partial charge on any atom is 0.416 e.